The highest BCUT2D eigenvalue weighted by Gasteiger charge is 2.18. The number of carbonyl (C=O) groups excluding carboxylic acids is 1. The number of ketones is 1. The number of rotatable bonds is 4. The fourth-order valence-corrected chi connectivity index (χ4v) is 3.71. The Labute approximate surface area is 153 Å². The van der Waals surface area contributed by atoms with E-state index < -0.39 is 0 Å². The van der Waals surface area contributed by atoms with Gasteiger partial charge in [-0.1, -0.05) is 42.1 Å². The Kier molecular flexibility index (Phi) is 4.08. The lowest BCUT2D eigenvalue weighted by molar-refractivity contribution is -0.114. The smallest absolute Gasteiger partial charge is 0.267 e. The van der Waals surface area contributed by atoms with Gasteiger partial charge in [0.25, 0.3) is 5.56 Å². The Morgan fingerprint density at radius 2 is 1.81 bits per heavy atom. The van der Waals surface area contributed by atoms with Crippen molar-refractivity contribution >= 4 is 34.2 Å². The number of Topliss-reactive ketones (excluding diaryl/α,β-unsaturated/α-hetero) is 1. The topological polar surface area (TPSA) is 69.3 Å². The Hall–Kier alpha value is -2.93. The van der Waals surface area contributed by atoms with E-state index in [9.17, 15) is 9.59 Å². The minimum absolute atomic E-state index is 0.0586. The summed E-state index contributed by atoms with van der Waals surface area (Å²) in [5.74, 6) is 0.802. The zero-order valence-corrected chi connectivity index (χ0v) is 15.2. The van der Waals surface area contributed by atoms with Crippen molar-refractivity contribution < 1.29 is 4.79 Å². The highest BCUT2D eigenvalue weighted by molar-refractivity contribution is 7.99. The number of hydrogen-bond acceptors (Lipinski definition) is 5. The molecule has 7 heteroatoms. The van der Waals surface area contributed by atoms with Crippen LogP contribution in [0.1, 0.15) is 12.5 Å². The van der Waals surface area contributed by atoms with Crippen LogP contribution < -0.4 is 5.56 Å². The monoisotopic (exact) mass is 364 g/mol. The van der Waals surface area contributed by atoms with Gasteiger partial charge in [0.15, 0.2) is 5.16 Å². The van der Waals surface area contributed by atoms with Gasteiger partial charge in [-0.3, -0.25) is 14.0 Å². The molecular weight excluding hydrogens is 348 g/mol. The normalized spacial score (nSPS) is 11.3. The summed E-state index contributed by atoms with van der Waals surface area (Å²) in [7, 11) is 0. The molecule has 130 valence electrons. The quantitative estimate of drug-likeness (QED) is 0.521. The standard InChI is InChI=1S/C19H16N4O2S/c1-12-7-3-5-9-15(12)22-17(25)14-8-4-6-10-16(14)23-18(22)20-21-19(23)26-11-13(2)24/h3-10H,11H2,1-2H3. The van der Waals surface area contributed by atoms with Gasteiger partial charge in [0.05, 0.1) is 22.3 Å². The Balaban J connectivity index is 2.12. The molecule has 0 atom stereocenters. The number of carbonyl (C=O) groups is 1. The van der Waals surface area contributed by atoms with Gasteiger partial charge in [-0.2, -0.15) is 0 Å². The molecule has 0 amide bonds. The molecule has 0 spiro atoms. The number of benzene rings is 2. The first-order chi connectivity index (χ1) is 12.6. The third kappa shape index (κ3) is 2.61. The van der Waals surface area contributed by atoms with Crippen molar-refractivity contribution in [1.29, 1.82) is 0 Å². The molecule has 0 N–H and O–H groups in total. The maximum atomic E-state index is 13.2. The van der Waals surface area contributed by atoms with Crippen LogP contribution in [0, 0.1) is 6.92 Å². The number of aromatic nitrogens is 4. The Morgan fingerprint density at radius 1 is 1.08 bits per heavy atom. The Morgan fingerprint density at radius 3 is 2.58 bits per heavy atom. The summed E-state index contributed by atoms with van der Waals surface area (Å²) in [4.78, 5) is 24.6. The molecule has 0 radical (unpaired) electrons. The van der Waals surface area contributed by atoms with Crippen molar-refractivity contribution in [2.75, 3.05) is 5.75 Å². The molecule has 2 aromatic heterocycles. The molecular formula is C19H16N4O2S. The zero-order valence-electron chi connectivity index (χ0n) is 14.3. The lowest BCUT2D eigenvalue weighted by Gasteiger charge is -2.13. The summed E-state index contributed by atoms with van der Waals surface area (Å²) < 4.78 is 3.43. The molecule has 0 bridgehead atoms. The van der Waals surface area contributed by atoms with Crippen LogP contribution in [-0.4, -0.2) is 30.7 Å². The predicted octanol–water partition coefficient (Wildman–Crippen LogP) is 3.02. The van der Waals surface area contributed by atoms with E-state index >= 15 is 0 Å². The van der Waals surface area contributed by atoms with Crippen LogP contribution >= 0.6 is 11.8 Å². The van der Waals surface area contributed by atoms with Gasteiger partial charge in [0.1, 0.15) is 5.78 Å². The van der Waals surface area contributed by atoms with Crippen LogP contribution in [0.3, 0.4) is 0 Å². The second-order valence-corrected chi connectivity index (χ2v) is 7.00. The van der Waals surface area contributed by atoms with Crippen molar-refractivity contribution in [1.82, 2.24) is 19.2 Å². The van der Waals surface area contributed by atoms with Crippen LogP contribution in [0.5, 0.6) is 0 Å². The molecule has 26 heavy (non-hydrogen) atoms. The van der Waals surface area contributed by atoms with Gasteiger partial charge in [-0.25, -0.2) is 4.57 Å². The highest BCUT2D eigenvalue weighted by atomic mass is 32.2. The molecule has 0 unspecified atom stereocenters. The molecule has 0 aliphatic rings. The second kappa shape index (κ2) is 6.42. The average Bonchev–Trinajstić information content (AvgIpc) is 3.05. The van der Waals surface area contributed by atoms with Gasteiger partial charge in [0.2, 0.25) is 5.78 Å². The van der Waals surface area contributed by atoms with Crippen molar-refractivity contribution in [3.63, 3.8) is 0 Å². The Bertz CT molecular complexity index is 1210. The third-order valence-corrected chi connectivity index (χ3v) is 5.23. The fourth-order valence-electron chi connectivity index (χ4n) is 2.97. The summed E-state index contributed by atoms with van der Waals surface area (Å²) in [6.07, 6.45) is 0. The SMILES string of the molecule is CC(=O)CSc1nnc2n(-c3ccccc3C)c(=O)c3ccccc3n12. The van der Waals surface area contributed by atoms with Crippen LogP contribution in [-0.2, 0) is 4.79 Å². The number of para-hydroxylation sites is 2. The molecule has 6 nitrogen and oxygen atoms in total. The van der Waals surface area contributed by atoms with E-state index in [1.807, 2.05) is 53.8 Å². The lowest BCUT2D eigenvalue weighted by Crippen LogP contribution is -2.22. The average molecular weight is 364 g/mol. The van der Waals surface area contributed by atoms with Crippen molar-refractivity contribution in [3.8, 4) is 5.69 Å². The second-order valence-electron chi connectivity index (χ2n) is 6.05. The van der Waals surface area contributed by atoms with E-state index in [1.54, 1.807) is 10.6 Å². The fraction of sp³-hybridized carbons (Fsp3) is 0.158. The number of hydrogen-bond donors (Lipinski definition) is 0. The van der Waals surface area contributed by atoms with Gasteiger partial charge in [-0.05, 0) is 37.6 Å². The molecule has 0 saturated carbocycles. The molecule has 0 aliphatic carbocycles. The minimum Gasteiger partial charge on any atom is -0.299 e. The summed E-state index contributed by atoms with van der Waals surface area (Å²) in [6, 6.07) is 15.0. The lowest BCUT2D eigenvalue weighted by atomic mass is 10.2. The molecule has 2 aromatic carbocycles. The summed E-state index contributed by atoms with van der Waals surface area (Å²) in [5.41, 5.74) is 2.32. The number of aryl methyl sites for hydroxylation is 1. The van der Waals surface area contributed by atoms with E-state index in [4.69, 9.17) is 0 Å². The first kappa shape index (κ1) is 16.5. The van der Waals surface area contributed by atoms with Crippen molar-refractivity contribution in [2.45, 2.75) is 19.0 Å². The van der Waals surface area contributed by atoms with Gasteiger partial charge >= 0.3 is 0 Å². The summed E-state index contributed by atoms with van der Waals surface area (Å²) in [5, 5.41) is 9.68. The highest BCUT2D eigenvalue weighted by Crippen LogP contribution is 2.24. The van der Waals surface area contributed by atoms with Crippen LogP contribution in [0.4, 0.5) is 0 Å². The van der Waals surface area contributed by atoms with Crippen LogP contribution in [0.15, 0.2) is 58.5 Å². The van der Waals surface area contributed by atoms with E-state index in [1.165, 1.54) is 18.7 Å². The van der Waals surface area contributed by atoms with Crippen molar-refractivity contribution in [3.05, 3.63) is 64.4 Å². The number of fused-ring (bicyclic) bond motifs is 3. The van der Waals surface area contributed by atoms with Gasteiger partial charge < -0.3 is 0 Å². The van der Waals surface area contributed by atoms with E-state index in [-0.39, 0.29) is 11.3 Å². The largest absolute Gasteiger partial charge is 0.299 e. The first-order valence-electron chi connectivity index (χ1n) is 8.15. The van der Waals surface area contributed by atoms with Gasteiger partial charge in [0, 0.05) is 0 Å². The van der Waals surface area contributed by atoms with E-state index in [0.717, 1.165) is 16.8 Å². The third-order valence-electron chi connectivity index (χ3n) is 4.16. The van der Waals surface area contributed by atoms with Gasteiger partial charge in [-0.15, -0.1) is 10.2 Å². The molecule has 4 aromatic rings. The molecule has 0 fully saturated rings. The maximum absolute atomic E-state index is 13.2. The maximum Gasteiger partial charge on any atom is 0.267 e. The predicted molar refractivity (Wildman–Crippen MR) is 102 cm³/mol. The van der Waals surface area contributed by atoms with E-state index in [0.29, 0.717) is 22.1 Å². The number of thioether (sulfide) groups is 1. The van der Waals surface area contributed by atoms with Crippen LogP contribution in [0.2, 0.25) is 0 Å². The van der Waals surface area contributed by atoms with Crippen molar-refractivity contribution in [2.24, 2.45) is 0 Å². The number of nitrogens with zero attached hydrogens (tertiary/aromatic N) is 4. The molecule has 0 aliphatic heterocycles. The van der Waals surface area contributed by atoms with E-state index in [2.05, 4.69) is 10.2 Å². The summed E-state index contributed by atoms with van der Waals surface area (Å²) in [6.45, 7) is 3.49. The first-order valence-corrected chi connectivity index (χ1v) is 9.13. The molecule has 2 heterocycles. The summed E-state index contributed by atoms with van der Waals surface area (Å²) >= 11 is 1.32. The zero-order chi connectivity index (χ0) is 18.3. The van der Waals surface area contributed by atoms with Crippen LogP contribution in [0.25, 0.3) is 22.4 Å². The molecule has 0 saturated heterocycles. The minimum atomic E-state index is -0.141. The molecule has 4 rings (SSSR count).